The molecule has 0 N–H and O–H groups in total. The minimum Gasteiger partial charge on any atom is -0.361 e. The summed E-state index contributed by atoms with van der Waals surface area (Å²) < 4.78 is 7.53. The topological polar surface area (TPSA) is 56.7 Å². The van der Waals surface area contributed by atoms with Crippen LogP contribution in [-0.2, 0) is 12.3 Å². The summed E-state index contributed by atoms with van der Waals surface area (Å²) in [6.45, 7) is 7.10. The maximum atomic E-state index is 6.06. The summed E-state index contributed by atoms with van der Waals surface area (Å²) in [7, 11) is 0. The normalized spacial score (nSPS) is 11.3. The van der Waals surface area contributed by atoms with Gasteiger partial charge in [0.15, 0.2) is 11.0 Å². The van der Waals surface area contributed by atoms with Crippen LogP contribution in [0.1, 0.15) is 62.5 Å². The first-order valence-corrected chi connectivity index (χ1v) is 11.7. The van der Waals surface area contributed by atoms with Crippen LogP contribution in [0.2, 0.25) is 5.02 Å². The predicted molar refractivity (Wildman–Crippen MR) is 119 cm³/mol. The molecule has 0 fully saturated rings. The SMILES string of the molecule is CCCCCCCCn1c(SCc2c(C)noc2C)nnc1-c1ccc(Cl)cc1. The van der Waals surface area contributed by atoms with E-state index in [4.69, 9.17) is 16.1 Å². The minimum absolute atomic E-state index is 0.726. The highest BCUT2D eigenvalue weighted by atomic mass is 35.5. The Balaban J connectivity index is 1.74. The molecule has 5 nitrogen and oxygen atoms in total. The first-order chi connectivity index (χ1) is 14.1. The van der Waals surface area contributed by atoms with Crippen LogP contribution in [0.3, 0.4) is 0 Å². The Labute approximate surface area is 182 Å². The van der Waals surface area contributed by atoms with E-state index in [1.54, 1.807) is 11.8 Å². The lowest BCUT2D eigenvalue weighted by Gasteiger charge is -2.10. The second-order valence-corrected chi connectivity index (χ2v) is 8.70. The van der Waals surface area contributed by atoms with Crippen LogP contribution in [0.5, 0.6) is 0 Å². The van der Waals surface area contributed by atoms with Crippen molar-refractivity contribution < 1.29 is 4.52 Å². The molecule has 3 rings (SSSR count). The summed E-state index contributed by atoms with van der Waals surface area (Å²) in [5.74, 6) is 2.54. The molecular formula is C22H29ClN4OS. The molecule has 0 bridgehead atoms. The molecule has 0 amide bonds. The summed E-state index contributed by atoms with van der Waals surface area (Å²) in [6, 6.07) is 7.81. The molecule has 0 aliphatic heterocycles. The van der Waals surface area contributed by atoms with Gasteiger partial charge in [-0.25, -0.2) is 0 Å². The molecule has 29 heavy (non-hydrogen) atoms. The molecule has 7 heteroatoms. The Morgan fingerprint density at radius 1 is 1.00 bits per heavy atom. The van der Waals surface area contributed by atoms with Crippen LogP contribution < -0.4 is 0 Å². The van der Waals surface area contributed by atoms with E-state index in [9.17, 15) is 0 Å². The molecule has 3 aromatic rings. The second-order valence-electron chi connectivity index (χ2n) is 7.32. The van der Waals surface area contributed by atoms with Gasteiger partial charge >= 0.3 is 0 Å². The Hall–Kier alpha value is -1.79. The summed E-state index contributed by atoms with van der Waals surface area (Å²) in [5.41, 5.74) is 3.11. The largest absolute Gasteiger partial charge is 0.361 e. The van der Waals surface area contributed by atoms with E-state index in [1.807, 2.05) is 38.1 Å². The van der Waals surface area contributed by atoms with Crippen molar-refractivity contribution in [1.82, 2.24) is 19.9 Å². The van der Waals surface area contributed by atoms with Crippen LogP contribution in [0.25, 0.3) is 11.4 Å². The molecule has 0 aliphatic rings. The van der Waals surface area contributed by atoms with Crippen molar-refractivity contribution >= 4 is 23.4 Å². The summed E-state index contributed by atoms with van der Waals surface area (Å²) >= 11 is 7.75. The third kappa shape index (κ3) is 5.86. The third-order valence-corrected chi connectivity index (χ3v) is 6.33. The molecule has 156 valence electrons. The van der Waals surface area contributed by atoms with E-state index in [0.29, 0.717) is 0 Å². The zero-order valence-electron chi connectivity index (χ0n) is 17.4. The molecule has 2 aromatic heterocycles. The Morgan fingerprint density at radius 2 is 1.72 bits per heavy atom. The number of benzene rings is 1. The van der Waals surface area contributed by atoms with Gasteiger partial charge in [-0.15, -0.1) is 10.2 Å². The van der Waals surface area contributed by atoms with Crippen LogP contribution in [-0.4, -0.2) is 19.9 Å². The maximum Gasteiger partial charge on any atom is 0.191 e. The zero-order valence-corrected chi connectivity index (χ0v) is 19.0. The number of aromatic nitrogens is 4. The molecule has 0 spiro atoms. The number of rotatable bonds is 11. The van der Waals surface area contributed by atoms with Crippen molar-refractivity contribution in [3.8, 4) is 11.4 Å². The molecule has 1 aromatic carbocycles. The average Bonchev–Trinajstić information content (AvgIpc) is 3.26. The highest BCUT2D eigenvalue weighted by molar-refractivity contribution is 7.98. The van der Waals surface area contributed by atoms with E-state index in [-0.39, 0.29) is 0 Å². The first-order valence-electron chi connectivity index (χ1n) is 10.3. The lowest BCUT2D eigenvalue weighted by Crippen LogP contribution is -2.03. The number of hydrogen-bond donors (Lipinski definition) is 0. The van der Waals surface area contributed by atoms with Crippen LogP contribution in [0.4, 0.5) is 0 Å². The van der Waals surface area contributed by atoms with Gasteiger partial charge in [0.25, 0.3) is 0 Å². The molecule has 0 saturated heterocycles. The minimum atomic E-state index is 0.726. The number of aryl methyl sites for hydroxylation is 2. The van der Waals surface area contributed by atoms with Crippen LogP contribution in [0, 0.1) is 13.8 Å². The quantitative estimate of drug-likeness (QED) is 0.245. The van der Waals surface area contributed by atoms with Crippen molar-refractivity contribution in [3.05, 3.63) is 46.3 Å². The zero-order chi connectivity index (χ0) is 20.6. The van der Waals surface area contributed by atoms with Crippen molar-refractivity contribution in [2.45, 2.75) is 76.8 Å². The van der Waals surface area contributed by atoms with Gasteiger partial charge in [0.1, 0.15) is 5.76 Å². The molecular weight excluding hydrogens is 404 g/mol. The molecule has 0 atom stereocenters. The Kier molecular flexibility index (Phi) is 8.19. The highest BCUT2D eigenvalue weighted by Gasteiger charge is 2.16. The Bertz CT molecular complexity index is 885. The predicted octanol–water partition coefficient (Wildman–Crippen LogP) is 6.86. The van der Waals surface area contributed by atoms with Gasteiger partial charge in [-0.3, -0.25) is 0 Å². The van der Waals surface area contributed by atoms with Crippen molar-refractivity contribution in [1.29, 1.82) is 0 Å². The van der Waals surface area contributed by atoms with Gasteiger partial charge in [-0.05, 0) is 44.5 Å². The van der Waals surface area contributed by atoms with Gasteiger partial charge in [0.05, 0.1) is 5.69 Å². The molecule has 2 heterocycles. The number of thioether (sulfide) groups is 1. The number of nitrogens with zero attached hydrogens (tertiary/aromatic N) is 4. The lowest BCUT2D eigenvalue weighted by molar-refractivity contribution is 0.392. The monoisotopic (exact) mass is 432 g/mol. The fourth-order valence-electron chi connectivity index (χ4n) is 3.30. The van der Waals surface area contributed by atoms with E-state index in [2.05, 4.69) is 26.8 Å². The second kappa shape index (κ2) is 10.8. The van der Waals surface area contributed by atoms with Crippen LogP contribution in [0.15, 0.2) is 33.9 Å². The fraction of sp³-hybridized carbons (Fsp3) is 0.500. The summed E-state index contributed by atoms with van der Waals surface area (Å²) in [4.78, 5) is 0. The van der Waals surface area contributed by atoms with Gasteiger partial charge in [0.2, 0.25) is 0 Å². The number of halogens is 1. The fourth-order valence-corrected chi connectivity index (χ4v) is 4.55. The summed E-state index contributed by atoms with van der Waals surface area (Å²) in [5, 5.41) is 14.7. The molecule has 0 saturated carbocycles. The first kappa shape index (κ1) is 21.9. The smallest absolute Gasteiger partial charge is 0.191 e. The van der Waals surface area contributed by atoms with E-state index >= 15 is 0 Å². The average molecular weight is 433 g/mol. The van der Waals surface area contributed by atoms with Gasteiger partial charge in [-0.1, -0.05) is 67.5 Å². The molecule has 0 radical (unpaired) electrons. The standard InChI is InChI=1S/C22H29ClN4OS/c1-4-5-6-7-8-9-14-27-21(18-10-12-19(23)13-11-18)24-25-22(27)29-15-20-16(2)26-28-17(20)3/h10-13H,4-9,14-15H2,1-3H3. The highest BCUT2D eigenvalue weighted by Crippen LogP contribution is 2.29. The van der Waals surface area contributed by atoms with Crippen molar-refractivity contribution in [2.75, 3.05) is 0 Å². The van der Waals surface area contributed by atoms with Gasteiger partial charge in [-0.2, -0.15) is 0 Å². The number of hydrogen-bond acceptors (Lipinski definition) is 5. The van der Waals surface area contributed by atoms with Gasteiger partial charge < -0.3 is 9.09 Å². The van der Waals surface area contributed by atoms with Crippen LogP contribution >= 0.6 is 23.4 Å². The third-order valence-electron chi connectivity index (χ3n) is 5.08. The lowest BCUT2D eigenvalue weighted by atomic mass is 10.1. The Morgan fingerprint density at radius 3 is 2.41 bits per heavy atom. The number of unbranched alkanes of at least 4 members (excludes halogenated alkanes) is 5. The van der Waals surface area contributed by atoms with Crippen molar-refractivity contribution in [3.63, 3.8) is 0 Å². The summed E-state index contributed by atoms with van der Waals surface area (Å²) in [6.07, 6.45) is 7.55. The van der Waals surface area contributed by atoms with E-state index in [1.165, 1.54) is 32.1 Å². The van der Waals surface area contributed by atoms with Crippen molar-refractivity contribution in [2.24, 2.45) is 0 Å². The molecule has 0 unspecified atom stereocenters. The molecule has 0 aliphatic carbocycles. The van der Waals surface area contributed by atoms with E-state index < -0.39 is 0 Å². The van der Waals surface area contributed by atoms with E-state index in [0.717, 1.165) is 57.3 Å². The maximum absolute atomic E-state index is 6.06. The van der Waals surface area contributed by atoms with Gasteiger partial charge in [0, 0.05) is 28.4 Å².